The van der Waals surface area contributed by atoms with E-state index in [9.17, 15) is 4.39 Å². The van der Waals surface area contributed by atoms with Crippen molar-refractivity contribution in [2.24, 2.45) is 0 Å². The van der Waals surface area contributed by atoms with E-state index in [0.717, 1.165) is 11.1 Å². The summed E-state index contributed by atoms with van der Waals surface area (Å²) in [5.74, 6) is 1.38. The predicted molar refractivity (Wildman–Crippen MR) is 115 cm³/mol. The molecule has 0 saturated heterocycles. The van der Waals surface area contributed by atoms with Gasteiger partial charge >= 0.3 is 0 Å². The molecule has 0 aliphatic heterocycles. The Morgan fingerprint density at radius 3 is 2.80 bits per heavy atom. The topological polar surface area (TPSA) is 91.2 Å². The average Bonchev–Trinajstić information content (AvgIpc) is 3.20. The van der Waals surface area contributed by atoms with E-state index in [0.29, 0.717) is 33.0 Å². The first-order valence-corrected chi connectivity index (χ1v) is 9.78. The van der Waals surface area contributed by atoms with Crippen LogP contribution in [0.15, 0.2) is 59.5 Å². The van der Waals surface area contributed by atoms with E-state index in [1.54, 1.807) is 28.9 Å². The van der Waals surface area contributed by atoms with Crippen molar-refractivity contribution >= 4 is 38.3 Å². The Kier molecular flexibility index (Phi) is 4.32. The normalized spacial score (nSPS) is 11.3. The van der Waals surface area contributed by atoms with E-state index in [2.05, 4.69) is 36.0 Å². The molecule has 148 valence electrons. The third-order valence-corrected chi connectivity index (χ3v) is 5.31. The monoisotopic (exact) mass is 464 g/mol. The molecule has 30 heavy (non-hydrogen) atoms. The van der Waals surface area contributed by atoms with Gasteiger partial charge in [0.25, 0.3) is 0 Å². The Labute approximate surface area is 178 Å². The molecule has 2 aromatic carbocycles. The zero-order valence-corrected chi connectivity index (χ0v) is 17.3. The van der Waals surface area contributed by atoms with Gasteiger partial charge < -0.3 is 10.5 Å². The van der Waals surface area contributed by atoms with Crippen LogP contribution in [0.3, 0.4) is 0 Å². The fourth-order valence-electron chi connectivity index (χ4n) is 3.21. The summed E-state index contributed by atoms with van der Waals surface area (Å²) in [5.41, 5.74) is 8.80. The van der Waals surface area contributed by atoms with E-state index in [1.165, 1.54) is 6.33 Å². The molecule has 0 aliphatic carbocycles. The highest BCUT2D eigenvalue weighted by Crippen LogP contribution is 2.32. The molecule has 7 nitrogen and oxygen atoms in total. The lowest BCUT2D eigenvalue weighted by molar-refractivity contribution is 0.478. The lowest BCUT2D eigenvalue weighted by atomic mass is 10.1. The number of halogens is 2. The van der Waals surface area contributed by atoms with Crippen LogP contribution >= 0.6 is 15.9 Å². The second kappa shape index (κ2) is 7.03. The minimum atomic E-state index is -0.471. The predicted octanol–water partition coefficient (Wildman–Crippen LogP) is 4.92. The van der Waals surface area contributed by atoms with E-state index in [4.69, 9.17) is 10.5 Å². The van der Waals surface area contributed by atoms with Crippen LogP contribution in [0.4, 0.5) is 10.2 Å². The Balaban J connectivity index is 1.50. The van der Waals surface area contributed by atoms with Crippen LogP contribution < -0.4 is 10.5 Å². The molecule has 9 heteroatoms. The highest BCUT2D eigenvalue weighted by Gasteiger charge is 2.14. The smallest absolute Gasteiger partial charge is 0.162 e. The third-order valence-electron chi connectivity index (χ3n) is 4.69. The molecule has 2 N–H and O–H groups in total. The van der Waals surface area contributed by atoms with Crippen LogP contribution in [0.25, 0.3) is 27.9 Å². The lowest BCUT2D eigenvalue weighted by Gasteiger charge is -2.11. The average molecular weight is 465 g/mol. The summed E-state index contributed by atoms with van der Waals surface area (Å²) in [5, 5.41) is 4.27. The van der Waals surface area contributed by atoms with Gasteiger partial charge in [0.15, 0.2) is 11.5 Å². The molecule has 0 saturated carbocycles. The van der Waals surface area contributed by atoms with E-state index >= 15 is 0 Å². The molecule has 5 aromatic rings. The lowest BCUT2D eigenvalue weighted by Crippen LogP contribution is -2.00. The highest BCUT2D eigenvalue weighted by atomic mass is 79.9. The number of pyridine rings is 1. The minimum Gasteiger partial charge on any atom is -0.457 e. The molecule has 0 bridgehead atoms. The Morgan fingerprint density at radius 1 is 1.10 bits per heavy atom. The molecule has 0 fully saturated rings. The Hall–Kier alpha value is -3.59. The summed E-state index contributed by atoms with van der Waals surface area (Å²) in [7, 11) is 0. The maximum Gasteiger partial charge on any atom is 0.162 e. The third kappa shape index (κ3) is 3.13. The minimum absolute atomic E-state index is 0.0911. The van der Waals surface area contributed by atoms with E-state index in [1.807, 2.05) is 31.2 Å². The van der Waals surface area contributed by atoms with Crippen molar-refractivity contribution in [3.05, 3.63) is 70.8 Å². The van der Waals surface area contributed by atoms with Crippen molar-refractivity contribution in [1.82, 2.24) is 24.6 Å². The van der Waals surface area contributed by atoms with Crippen molar-refractivity contribution in [3.63, 3.8) is 0 Å². The number of ether oxygens (including phenoxy) is 1. The summed E-state index contributed by atoms with van der Waals surface area (Å²) in [6.45, 7) is 1.93. The molecule has 0 spiro atoms. The van der Waals surface area contributed by atoms with Gasteiger partial charge in [0.05, 0.1) is 15.4 Å². The standard InChI is InChI=1S/C21H14BrFN6O/c1-11-8-12(21-27-15-4-3-14(22)19(23)18(15)20(24)28-21)2-5-16(11)30-13-6-7-29-17(9-13)25-10-26-29/h2-10H,1H3,(H2,24,27,28). The number of nitrogen functional groups attached to an aromatic ring is 1. The van der Waals surface area contributed by atoms with Gasteiger partial charge in [-0.2, -0.15) is 5.10 Å². The van der Waals surface area contributed by atoms with Gasteiger partial charge in [-0.25, -0.2) is 23.9 Å². The van der Waals surface area contributed by atoms with E-state index in [-0.39, 0.29) is 11.2 Å². The van der Waals surface area contributed by atoms with Gasteiger partial charge in [0.1, 0.15) is 29.5 Å². The van der Waals surface area contributed by atoms with Crippen LogP contribution in [-0.4, -0.2) is 24.6 Å². The maximum absolute atomic E-state index is 14.4. The van der Waals surface area contributed by atoms with Crippen molar-refractivity contribution < 1.29 is 9.13 Å². The Morgan fingerprint density at radius 2 is 1.97 bits per heavy atom. The number of hydrogen-bond donors (Lipinski definition) is 1. The van der Waals surface area contributed by atoms with Gasteiger partial charge in [-0.3, -0.25) is 0 Å². The quantitative estimate of drug-likeness (QED) is 0.407. The van der Waals surface area contributed by atoms with Crippen molar-refractivity contribution in [3.8, 4) is 22.9 Å². The summed E-state index contributed by atoms with van der Waals surface area (Å²) in [4.78, 5) is 12.9. The number of fused-ring (bicyclic) bond motifs is 2. The number of anilines is 1. The molecule has 0 amide bonds. The first-order valence-electron chi connectivity index (χ1n) is 8.99. The first-order chi connectivity index (χ1) is 14.5. The number of nitrogens with zero attached hydrogens (tertiary/aromatic N) is 5. The molecule has 0 radical (unpaired) electrons. The zero-order valence-electron chi connectivity index (χ0n) is 15.7. The zero-order chi connectivity index (χ0) is 20.8. The fraction of sp³-hybridized carbons (Fsp3) is 0.0476. The van der Waals surface area contributed by atoms with Gasteiger partial charge in [-0.05, 0) is 64.8 Å². The number of benzene rings is 2. The number of aromatic nitrogens is 5. The number of rotatable bonds is 3. The van der Waals surface area contributed by atoms with Gasteiger partial charge in [0, 0.05) is 17.8 Å². The summed E-state index contributed by atoms with van der Waals surface area (Å²) in [6, 6.07) is 12.5. The number of aryl methyl sites for hydroxylation is 1. The fourth-order valence-corrected chi connectivity index (χ4v) is 3.54. The molecule has 5 rings (SSSR count). The summed E-state index contributed by atoms with van der Waals surface area (Å²) in [6.07, 6.45) is 3.27. The second-order valence-corrected chi connectivity index (χ2v) is 7.55. The molecular weight excluding hydrogens is 451 g/mol. The van der Waals surface area contributed by atoms with Crippen molar-refractivity contribution in [2.75, 3.05) is 5.73 Å². The van der Waals surface area contributed by atoms with Crippen molar-refractivity contribution in [1.29, 1.82) is 0 Å². The van der Waals surface area contributed by atoms with Crippen LogP contribution in [-0.2, 0) is 0 Å². The molecular formula is C21H14BrFN6O. The SMILES string of the molecule is Cc1cc(-c2nc(N)c3c(F)c(Br)ccc3n2)ccc1Oc1ccn2ncnc2c1. The Bertz CT molecular complexity index is 1430. The van der Waals surface area contributed by atoms with E-state index < -0.39 is 5.82 Å². The van der Waals surface area contributed by atoms with Gasteiger partial charge in [0.2, 0.25) is 0 Å². The second-order valence-electron chi connectivity index (χ2n) is 6.70. The van der Waals surface area contributed by atoms with Crippen molar-refractivity contribution in [2.45, 2.75) is 6.92 Å². The van der Waals surface area contributed by atoms with Crippen LogP contribution in [0.5, 0.6) is 11.5 Å². The molecule has 0 atom stereocenters. The molecule has 0 aliphatic rings. The molecule has 0 unspecified atom stereocenters. The first kappa shape index (κ1) is 18.4. The summed E-state index contributed by atoms with van der Waals surface area (Å²) < 4.78 is 22.3. The van der Waals surface area contributed by atoms with Gasteiger partial charge in [-0.1, -0.05) is 0 Å². The summed E-state index contributed by atoms with van der Waals surface area (Å²) >= 11 is 3.16. The van der Waals surface area contributed by atoms with Crippen LogP contribution in [0.2, 0.25) is 0 Å². The molecule has 3 aromatic heterocycles. The molecule has 3 heterocycles. The number of nitrogens with two attached hydrogens (primary N) is 1. The van der Waals surface area contributed by atoms with Gasteiger partial charge in [-0.15, -0.1) is 0 Å². The maximum atomic E-state index is 14.4. The van der Waals surface area contributed by atoms with Crippen LogP contribution in [0, 0.1) is 12.7 Å². The highest BCUT2D eigenvalue weighted by molar-refractivity contribution is 9.10. The largest absolute Gasteiger partial charge is 0.457 e. The van der Waals surface area contributed by atoms with Crippen LogP contribution in [0.1, 0.15) is 5.56 Å². The number of hydrogen-bond acceptors (Lipinski definition) is 6.